The largest absolute Gasteiger partial charge is 0.340 e. The summed E-state index contributed by atoms with van der Waals surface area (Å²) < 4.78 is 1.19. The maximum absolute atomic E-state index is 3.71. The molecule has 3 rings (SSSR count). The van der Waals surface area contributed by atoms with Crippen molar-refractivity contribution in [3.05, 3.63) is 46.9 Å². The van der Waals surface area contributed by atoms with Crippen LogP contribution in [-0.2, 0) is 0 Å². The minimum Gasteiger partial charge on any atom is -0.340 e. The van der Waals surface area contributed by atoms with Crippen molar-refractivity contribution in [2.75, 3.05) is 11.4 Å². The first-order valence-corrected chi connectivity index (χ1v) is 9.25. The lowest BCUT2D eigenvalue weighted by atomic mass is 10.1. The molecule has 0 saturated heterocycles. The van der Waals surface area contributed by atoms with Crippen LogP contribution >= 0.6 is 27.7 Å². The molecule has 0 atom stereocenters. The molecule has 0 spiro atoms. The van der Waals surface area contributed by atoms with E-state index in [0.717, 1.165) is 6.54 Å². The molecule has 1 nitrogen and oxygen atoms in total. The third kappa shape index (κ3) is 3.14. The first-order valence-electron chi connectivity index (χ1n) is 7.64. The molecule has 0 aromatic heterocycles. The van der Waals surface area contributed by atoms with Crippen LogP contribution in [0.3, 0.4) is 0 Å². The Kier molecular flexibility index (Phi) is 4.91. The molecular weight excluding hydrogens is 342 g/mol. The molecule has 1 heterocycles. The number of benzene rings is 2. The fourth-order valence-electron chi connectivity index (χ4n) is 2.75. The van der Waals surface area contributed by atoms with Crippen molar-refractivity contribution in [2.24, 2.45) is 0 Å². The van der Waals surface area contributed by atoms with Gasteiger partial charge < -0.3 is 4.90 Å². The van der Waals surface area contributed by atoms with Crippen LogP contribution in [0.15, 0.2) is 56.7 Å². The summed E-state index contributed by atoms with van der Waals surface area (Å²) in [7, 11) is 0. The van der Waals surface area contributed by atoms with Gasteiger partial charge in [0.05, 0.1) is 16.3 Å². The molecule has 0 bridgehead atoms. The van der Waals surface area contributed by atoms with Gasteiger partial charge in [-0.3, -0.25) is 0 Å². The lowest BCUT2D eigenvalue weighted by Crippen LogP contribution is -2.22. The Labute approximate surface area is 139 Å². The Morgan fingerprint density at radius 2 is 1.76 bits per heavy atom. The van der Waals surface area contributed by atoms with E-state index in [1.807, 2.05) is 11.8 Å². The summed E-state index contributed by atoms with van der Waals surface area (Å²) in [6.45, 7) is 3.36. The summed E-state index contributed by atoms with van der Waals surface area (Å²) in [5.41, 5.74) is 2.69. The third-order valence-electron chi connectivity index (χ3n) is 3.84. The molecule has 21 heavy (non-hydrogen) atoms. The molecule has 0 radical (unpaired) electrons. The second-order valence-electron chi connectivity index (χ2n) is 5.37. The van der Waals surface area contributed by atoms with Gasteiger partial charge in [0.1, 0.15) is 0 Å². The SMILES string of the molecule is CCCCCCN1c2ccccc2Sc2c(Br)cccc21. The Hall–Kier alpha value is -0.930. The number of anilines is 2. The van der Waals surface area contributed by atoms with E-state index < -0.39 is 0 Å². The number of halogens is 1. The summed E-state index contributed by atoms with van der Waals surface area (Å²) in [5, 5.41) is 0. The fraction of sp³-hybridized carbons (Fsp3) is 0.333. The van der Waals surface area contributed by atoms with Crippen molar-refractivity contribution in [1.29, 1.82) is 0 Å². The number of nitrogens with zero attached hydrogens (tertiary/aromatic N) is 1. The van der Waals surface area contributed by atoms with Crippen molar-refractivity contribution >= 4 is 39.1 Å². The van der Waals surface area contributed by atoms with Crippen LogP contribution in [0, 0.1) is 0 Å². The maximum atomic E-state index is 3.71. The van der Waals surface area contributed by atoms with Crippen LogP contribution in [0.4, 0.5) is 11.4 Å². The Balaban J connectivity index is 1.92. The fourth-order valence-corrected chi connectivity index (χ4v) is 4.45. The van der Waals surface area contributed by atoms with Gasteiger partial charge in [0.15, 0.2) is 0 Å². The molecule has 0 unspecified atom stereocenters. The smallest absolute Gasteiger partial charge is 0.0564 e. The van der Waals surface area contributed by atoms with Gasteiger partial charge in [-0.1, -0.05) is 56.1 Å². The van der Waals surface area contributed by atoms with Crippen LogP contribution in [-0.4, -0.2) is 6.54 Å². The molecule has 1 aliphatic heterocycles. The lowest BCUT2D eigenvalue weighted by molar-refractivity contribution is 0.665. The van der Waals surface area contributed by atoms with Crippen LogP contribution in [0.5, 0.6) is 0 Å². The highest BCUT2D eigenvalue weighted by atomic mass is 79.9. The first kappa shape index (κ1) is 15.0. The van der Waals surface area contributed by atoms with Crippen LogP contribution in [0.1, 0.15) is 32.6 Å². The molecule has 0 fully saturated rings. The number of fused-ring (bicyclic) bond motifs is 2. The van der Waals surface area contributed by atoms with E-state index in [4.69, 9.17) is 0 Å². The van der Waals surface area contributed by atoms with Gasteiger partial charge in [0.2, 0.25) is 0 Å². The highest BCUT2D eigenvalue weighted by molar-refractivity contribution is 9.10. The molecule has 0 saturated carbocycles. The van der Waals surface area contributed by atoms with Crippen molar-refractivity contribution < 1.29 is 0 Å². The second-order valence-corrected chi connectivity index (χ2v) is 7.28. The Morgan fingerprint density at radius 3 is 2.62 bits per heavy atom. The quantitative estimate of drug-likeness (QED) is 0.549. The highest BCUT2D eigenvalue weighted by Crippen LogP contribution is 2.50. The lowest BCUT2D eigenvalue weighted by Gasteiger charge is -2.33. The Bertz CT molecular complexity index is 626. The molecule has 0 N–H and O–H groups in total. The second kappa shape index (κ2) is 6.89. The number of hydrogen-bond acceptors (Lipinski definition) is 2. The summed E-state index contributed by atoms with van der Waals surface area (Å²) in [4.78, 5) is 5.18. The van der Waals surface area contributed by atoms with E-state index in [1.54, 1.807) is 0 Å². The molecule has 110 valence electrons. The van der Waals surface area contributed by atoms with Crippen molar-refractivity contribution in [1.82, 2.24) is 0 Å². The average molecular weight is 362 g/mol. The zero-order valence-electron chi connectivity index (χ0n) is 12.3. The zero-order chi connectivity index (χ0) is 14.7. The normalized spacial score (nSPS) is 13.0. The van der Waals surface area contributed by atoms with Gasteiger partial charge in [0, 0.05) is 15.9 Å². The van der Waals surface area contributed by atoms with E-state index in [0.29, 0.717) is 0 Å². The molecule has 2 aromatic rings. The van der Waals surface area contributed by atoms with E-state index in [9.17, 15) is 0 Å². The van der Waals surface area contributed by atoms with Gasteiger partial charge in [0.25, 0.3) is 0 Å². The minimum atomic E-state index is 1.10. The molecule has 1 aliphatic rings. The summed E-state index contributed by atoms with van der Waals surface area (Å²) in [5.74, 6) is 0. The molecular formula is C18H20BrNS. The monoisotopic (exact) mass is 361 g/mol. The van der Waals surface area contributed by atoms with Crippen LogP contribution in [0.2, 0.25) is 0 Å². The third-order valence-corrected chi connectivity index (χ3v) is 5.96. The number of rotatable bonds is 5. The predicted molar refractivity (Wildman–Crippen MR) is 95.9 cm³/mol. The maximum Gasteiger partial charge on any atom is 0.0564 e. The van der Waals surface area contributed by atoms with E-state index in [2.05, 4.69) is 70.2 Å². The summed E-state index contributed by atoms with van der Waals surface area (Å²) in [6, 6.07) is 15.2. The van der Waals surface area contributed by atoms with Crippen molar-refractivity contribution in [3.8, 4) is 0 Å². The Morgan fingerprint density at radius 1 is 0.952 bits per heavy atom. The van der Waals surface area contributed by atoms with Gasteiger partial charge in [-0.25, -0.2) is 0 Å². The summed E-state index contributed by atoms with van der Waals surface area (Å²) >= 11 is 5.57. The van der Waals surface area contributed by atoms with Gasteiger partial charge >= 0.3 is 0 Å². The molecule has 0 amide bonds. The van der Waals surface area contributed by atoms with Crippen LogP contribution in [0.25, 0.3) is 0 Å². The van der Waals surface area contributed by atoms with Crippen molar-refractivity contribution in [2.45, 2.75) is 42.4 Å². The predicted octanol–water partition coefficient (Wildman–Crippen LogP) is 6.63. The first-order chi connectivity index (χ1) is 10.3. The van der Waals surface area contributed by atoms with E-state index in [1.165, 1.54) is 51.3 Å². The molecule has 0 aliphatic carbocycles. The standard InChI is InChI=1S/C18H20BrNS/c1-2-3-4-7-13-20-15-10-5-6-12-17(15)21-18-14(19)9-8-11-16(18)20/h5-6,8-12H,2-4,7,13H2,1H3. The topological polar surface area (TPSA) is 3.24 Å². The molecule has 3 heteroatoms. The van der Waals surface area contributed by atoms with Crippen LogP contribution < -0.4 is 4.90 Å². The van der Waals surface area contributed by atoms with E-state index >= 15 is 0 Å². The molecule has 2 aromatic carbocycles. The van der Waals surface area contributed by atoms with Gasteiger partial charge in [-0.2, -0.15) is 0 Å². The minimum absolute atomic E-state index is 1.10. The van der Waals surface area contributed by atoms with Gasteiger partial charge in [-0.05, 0) is 46.6 Å². The zero-order valence-corrected chi connectivity index (χ0v) is 14.7. The van der Waals surface area contributed by atoms with Crippen molar-refractivity contribution in [3.63, 3.8) is 0 Å². The average Bonchev–Trinajstić information content (AvgIpc) is 2.51. The summed E-state index contributed by atoms with van der Waals surface area (Å²) in [6.07, 6.45) is 5.18. The van der Waals surface area contributed by atoms with Gasteiger partial charge in [-0.15, -0.1) is 0 Å². The number of unbranched alkanes of at least 4 members (excludes halogenated alkanes) is 3. The number of para-hydroxylation sites is 1. The van der Waals surface area contributed by atoms with E-state index in [-0.39, 0.29) is 0 Å². The highest BCUT2D eigenvalue weighted by Gasteiger charge is 2.23. The number of hydrogen-bond donors (Lipinski definition) is 0.